The number of carboxylic acids is 1. The highest BCUT2D eigenvalue weighted by Crippen LogP contribution is 2.19. The monoisotopic (exact) mass is 276 g/mol. The number of carbonyl (C=O) groups is 2. The summed E-state index contributed by atoms with van der Waals surface area (Å²) in [5.41, 5.74) is 1.77. The molecule has 2 rings (SSSR count). The van der Waals surface area contributed by atoms with Gasteiger partial charge in [-0.1, -0.05) is 18.2 Å². The molecule has 106 valence electrons. The topological polar surface area (TPSA) is 91.4 Å². The SMILES string of the molecule is CCOC(=O)NC(Cc1c[nH]c2ccccc12)C(=O)O. The van der Waals surface area contributed by atoms with Crippen molar-refractivity contribution in [3.05, 3.63) is 36.0 Å². The van der Waals surface area contributed by atoms with Crippen molar-refractivity contribution in [2.75, 3.05) is 6.61 Å². The number of para-hydroxylation sites is 1. The highest BCUT2D eigenvalue weighted by Gasteiger charge is 2.22. The molecule has 3 N–H and O–H groups in total. The minimum atomic E-state index is -1.09. The number of benzene rings is 1. The van der Waals surface area contributed by atoms with Crippen molar-refractivity contribution in [1.29, 1.82) is 0 Å². The van der Waals surface area contributed by atoms with Gasteiger partial charge in [0.2, 0.25) is 0 Å². The van der Waals surface area contributed by atoms with E-state index in [0.717, 1.165) is 16.5 Å². The number of aliphatic carboxylic acids is 1. The molecule has 1 atom stereocenters. The Hall–Kier alpha value is -2.50. The van der Waals surface area contributed by atoms with Crippen LogP contribution in [0.15, 0.2) is 30.5 Å². The van der Waals surface area contributed by atoms with Crippen LogP contribution < -0.4 is 5.32 Å². The number of carbonyl (C=O) groups excluding carboxylic acids is 1. The Balaban J connectivity index is 2.15. The molecular weight excluding hydrogens is 260 g/mol. The fourth-order valence-corrected chi connectivity index (χ4v) is 2.04. The third kappa shape index (κ3) is 3.09. The maximum absolute atomic E-state index is 11.3. The Morgan fingerprint density at radius 2 is 2.15 bits per heavy atom. The van der Waals surface area contributed by atoms with E-state index in [1.54, 1.807) is 13.1 Å². The van der Waals surface area contributed by atoms with Crippen LogP contribution in [0.4, 0.5) is 4.79 Å². The number of alkyl carbamates (subject to hydrolysis) is 1. The van der Waals surface area contributed by atoms with Crippen LogP contribution in [0.5, 0.6) is 0 Å². The lowest BCUT2D eigenvalue weighted by Crippen LogP contribution is -2.42. The van der Waals surface area contributed by atoms with Gasteiger partial charge in [-0.2, -0.15) is 0 Å². The first kappa shape index (κ1) is 13.9. The Morgan fingerprint density at radius 3 is 2.85 bits per heavy atom. The standard InChI is InChI=1S/C14H16N2O4/c1-2-20-14(19)16-12(13(17)18)7-9-8-15-11-6-4-3-5-10(9)11/h3-6,8,12,15H,2,7H2,1H3,(H,16,19)(H,17,18). The summed E-state index contributed by atoms with van der Waals surface area (Å²) >= 11 is 0. The molecule has 1 aromatic heterocycles. The summed E-state index contributed by atoms with van der Waals surface area (Å²) in [5.74, 6) is -1.09. The highest BCUT2D eigenvalue weighted by molar-refractivity contribution is 5.85. The maximum atomic E-state index is 11.3. The van der Waals surface area contributed by atoms with Crippen LogP contribution in [-0.4, -0.2) is 34.8 Å². The van der Waals surface area contributed by atoms with E-state index in [0.29, 0.717) is 0 Å². The van der Waals surface area contributed by atoms with E-state index < -0.39 is 18.1 Å². The molecule has 6 heteroatoms. The molecule has 1 amide bonds. The quantitative estimate of drug-likeness (QED) is 0.778. The van der Waals surface area contributed by atoms with E-state index in [1.807, 2.05) is 24.3 Å². The predicted molar refractivity (Wildman–Crippen MR) is 73.6 cm³/mol. The molecular formula is C14H16N2O4. The van der Waals surface area contributed by atoms with Crippen molar-refractivity contribution in [3.8, 4) is 0 Å². The second-order valence-corrected chi connectivity index (χ2v) is 4.32. The zero-order chi connectivity index (χ0) is 14.5. The van der Waals surface area contributed by atoms with Gasteiger partial charge in [0.15, 0.2) is 0 Å². The van der Waals surface area contributed by atoms with E-state index in [1.165, 1.54) is 0 Å². The fraction of sp³-hybridized carbons (Fsp3) is 0.286. The van der Waals surface area contributed by atoms with Crippen LogP contribution >= 0.6 is 0 Å². The van der Waals surface area contributed by atoms with E-state index in [4.69, 9.17) is 4.74 Å². The van der Waals surface area contributed by atoms with Crippen LogP contribution in [0, 0.1) is 0 Å². The third-order valence-corrected chi connectivity index (χ3v) is 2.96. The minimum absolute atomic E-state index is 0.193. The Bertz CT molecular complexity index is 620. The van der Waals surface area contributed by atoms with Crippen molar-refractivity contribution in [2.24, 2.45) is 0 Å². The summed E-state index contributed by atoms with van der Waals surface area (Å²) in [7, 11) is 0. The minimum Gasteiger partial charge on any atom is -0.480 e. The van der Waals surface area contributed by atoms with Crippen LogP contribution in [-0.2, 0) is 16.0 Å². The lowest BCUT2D eigenvalue weighted by Gasteiger charge is -2.13. The molecule has 0 saturated carbocycles. The second-order valence-electron chi connectivity index (χ2n) is 4.32. The lowest BCUT2D eigenvalue weighted by molar-refractivity contribution is -0.139. The summed E-state index contributed by atoms with van der Waals surface area (Å²) in [6, 6.07) is 6.58. The molecule has 20 heavy (non-hydrogen) atoms. The van der Waals surface area contributed by atoms with Crippen molar-refractivity contribution in [1.82, 2.24) is 10.3 Å². The van der Waals surface area contributed by atoms with Gasteiger partial charge in [0.05, 0.1) is 6.61 Å². The van der Waals surface area contributed by atoms with Gasteiger partial charge in [0.1, 0.15) is 6.04 Å². The smallest absolute Gasteiger partial charge is 0.407 e. The fourth-order valence-electron chi connectivity index (χ4n) is 2.04. The number of nitrogens with one attached hydrogen (secondary N) is 2. The Labute approximate surface area is 115 Å². The van der Waals surface area contributed by atoms with Gasteiger partial charge in [0.25, 0.3) is 0 Å². The number of aromatic nitrogens is 1. The summed E-state index contributed by atoms with van der Waals surface area (Å²) in [6.07, 6.45) is 1.23. The van der Waals surface area contributed by atoms with Crippen LogP contribution in [0.2, 0.25) is 0 Å². The van der Waals surface area contributed by atoms with Gasteiger partial charge >= 0.3 is 12.1 Å². The van der Waals surface area contributed by atoms with Crippen molar-refractivity contribution in [2.45, 2.75) is 19.4 Å². The number of carboxylic acid groups (broad SMARTS) is 1. The van der Waals surface area contributed by atoms with Gasteiger partial charge in [-0.3, -0.25) is 0 Å². The number of hydrogen-bond donors (Lipinski definition) is 3. The Morgan fingerprint density at radius 1 is 1.40 bits per heavy atom. The number of hydrogen-bond acceptors (Lipinski definition) is 3. The van der Waals surface area contributed by atoms with E-state index >= 15 is 0 Å². The van der Waals surface area contributed by atoms with E-state index in [-0.39, 0.29) is 13.0 Å². The molecule has 0 saturated heterocycles. The number of fused-ring (bicyclic) bond motifs is 1. The van der Waals surface area contributed by atoms with E-state index in [2.05, 4.69) is 10.3 Å². The molecule has 0 bridgehead atoms. The van der Waals surface area contributed by atoms with Gasteiger partial charge in [-0.25, -0.2) is 9.59 Å². The van der Waals surface area contributed by atoms with Crippen LogP contribution in [0.3, 0.4) is 0 Å². The highest BCUT2D eigenvalue weighted by atomic mass is 16.5. The molecule has 0 fully saturated rings. The first-order valence-corrected chi connectivity index (χ1v) is 6.33. The van der Waals surface area contributed by atoms with Gasteiger partial charge in [0, 0.05) is 23.5 Å². The molecule has 1 unspecified atom stereocenters. The molecule has 0 aliphatic heterocycles. The van der Waals surface area contributed by atoms with Crippen LogP contribution in [0.1, 0.15) is 12.5 Å². The van der Waals surface area contributed by atoms with Crippen LogP contribution in [0.25, 0.3) is 10.9 Å². The average molecular weight is 276 g/mol. The normalized spacial score (nSPS) is 12.1. The van der Waals surface area contributed by atoms with Crippen molar-refractivity contribution in [3.63, 3.8) is 0 Å². The Kier molecular flexibility index (Phi) is 4.24. The summed E-state index contributed by atoms with van der Waals surface area (Å²) < 4.78 is 4.71. The zero-order valence-electron chi connectivity index (χ0n) is 11.1. The van der Waals surface area contributed by atoms with Crippen molar-refractivity contribution >= 4 is 23.0 Å². The second kappa shape index (κ2) is 6.10. The third-order valence-electron chi connectivity index (χ3n) is 2.96. The van der Waals surface area contributed by atoms with E-state index in [9.17, 15) is 14.7 Å². The van der Waals surface area contributed by atoms with Gasteiger partial charge in [-0.15, -0.1) is 0 Å². The first-order chi connectivity index (χ1) is 9.61. The lowest BCUT2D eigenvalue weighted by atomic mass is 10.1. The summed E-state index contributed by atoms with van der Waals surface area (Å²) in [4.78, 5) is 25.6. The number of ether oxygens (including phenoxy) is 1. The number of amides is 1. The summed E-state index contributed by atoms with van der Waals surface area (Å²) in [6.45, 7) is 1.86. The molecule has 2 aromatic rings. The average Bonchev–Trinajstić information content (AvgIpc) is 2.82. The number of aromatic amines is 1. The van der Waals surface area contributed by atoms with Gasteiger partial charge in [-0.05, 0) is 18.6 Å². The molecule has 0 aliphatic rings. The largest absolute Gasteiger partial charge is 0.480 e. The first-order valence-electron chi connectivity index (χ1n) is 6.33. The molecule has 0 radical (unpaired) electrons. The maximum Gasteiger partial charge on any atom is 0.407 e. The molecule has 0 spiro atoms. The number of rotatable bonds is 5. The summed E-state index contributed by atoms with van der Waals surface area (Å²) in [5, 5.41) is 12.5. The zero-order valence-corrected chi connectivity index (χ0v) is 11.1. The molecule has 1 aromatic carbocycles. The molecule has 6 nitrogen and oxygen atoms in total. The number of H-pyrrole nitrogens is 1. The van der Waals surface area contributed by atoms with Crippen molar-refractivity contribution < 1.29 is 19.4 Å². The molecule has 0 aliphatic carbocycles. The van der Waals surface area contributed by atoms with Gasteiger partial charge < -0.3 is 20.1 Å². The predicted octanol–water partition coefficient (Wildman–Crippen LogP) is 1.91. The molecule has 1 heterocycles.